The van der Waals surface area contributed by atoms with E-state index in [4.69, 9.17) is 5.11 Å². The van der Waals surface area contributed by atoms with E-state index < -0.39 is 95.7 Å². The van der Waals surface area contributed by atoms with Gasteiger partial charge in [-0.3, -0.25) is 0 Å². The second-order valence-electron chi connectivity index (χ2n) is 8.68. The van der Waals surface area contributed by atoms with Crippen molar-refractivity contribution >= 4 is 5.97 Å². The highest BCUT2D eigenvalue weighted by atomic mass is 19.4. The molecule has 0 rings (SSSR count). The fourth-order valence-electron chi connectivity index (χ4n) is 2.52. The Bertz CT molecular complexity index is 1230. The van der Waals surface area contributed by atoms with Crippen LogP contribution in [0.5, 0.6) is 0 Å². The zero-order chi connectivity index (χ0) is 40.9. The predicted octanol–water partition coefficient (Wildman–Crippen LogP) is 9.16. The molecule has 49 heavy (non-hydrogen) atoms. The standard InChI is InChI=1S/C16H2F30O3/c17-1(18)3(19,20)5(23,24)7(27,28)9(31,32)10(33,34)11(35,36)12(37,38)14(41,42)16(45,46)49-15(43,44)13(39,40)8(29,30)6(25,26)4(21,22)2(47)48/h1H,(H,47,48). The minimum absolute atomic E-state index is 0.613. The van der Waals surface area contributed by atoms with Crippen LogP contribution in [0.2, 0.25) is 0 Å². The van der Waals surface area contributed by atoms with E-state index in [-0.39, 0.29) is 0 Å². The third kappa shape index (κ3) is 5.60. The van der Waals surface area contributed by atoms with E-state index in [1.807, 2.05) is 0 Å². The van der Waals surface area contributed by atoms with Gasteiger partial charge in [0.1, 0.15) is 0 Å². The molecule has 0 saturated carbocycles. The van der Waals surface area contributed by atoms with Crippen LogP contribution in [0.4, 0.5) is 132 Å². The van der Waals surface area contributed by atoms with Crippen molar-refractivity contribution in [2.75, 3.05) is 0 Å². The molecule has 294 valence electrons. The number of carboxylic acids is 1. The first-order chi connectivity index (χ1) is 20.6. The fraction of sp³-hybridized carbons (Fsp3) is 0.938. The van der Waals surface area contributed by atoms with Crippen molar-refractivity contribution in [3.63, 3.8) is 0 Å². The van der Waals surface area contributed by atoms with E-state index in [9.17, 15) is 137 Å². The Labute approximate surface area is 243 Å². The zero-order valence-corrected chi connectivity index (χ0v) is 20.7. The van der Waals surface area contributed by atoms with Gasteiger partial charge in [-0.15, -0.1) is 0 Å². The van der Waals surface area contributed by atoms with E-state index >= 15 is 0 Å². The number of ether oxygens (including phenoxy) is 1. The molecule has 0 aliphatic carbocycles. The van der Waals surface area contributed by atoms with Crippen LogP contribution in [0.25, 0.3) is 0 Å². The Kier molecular flexibility index (Phi) is 10.8. The minimum atomic E-state index is -9.82. The van der Waals surface area contributed by atoms with Crippen molar-refractivity contribution in [2.45, 2.75) is 89.7 Å². The van der Waals surface area contributed by atoms with Gasteiger partial charge in [0.25, 0.3) is 0 Å². The van der Waals surface area contributed by atoms with E-state index in [0.29, 0.717) is 4.74 Å². The molecule has 3 nitrogen and oxygen atoms in total. The van der Waals surface area contributed by atoms with Crippen molar-refractivity contribution in [2.24, 2.45) is 0 Å². The summed E-state index contributed by atoms with van der Waals surface area (Å²) in [6.07, 6.45) is -24.6. The lowest BCUT2D eigenvalue weighted by molar-refractivity contribution is -0.526. The van der Waals surface area contributed by atoms with Crippen molar-refractivity contribution in [3.05, 3.63) is 0 Å². The molecular weight excluding hydrogens is 810 g/mol. The summed E-state index contributed by atoms with van der Waals surface area (Å²) < 4.78 is 398. The summed E-state index contributed by atoms with van der Waals surface area (Å²) in [7, 11) is 0. The first-order valence-electron chi connectivity index (χ1n) is 10.1. The molecule has 0 atom stereocenters. The maximum absolute atomic E-state index is 13.6. The molecule has 33 heteroatoms. The highest BCUT2D eigenvalue weighted by molar-refractivity contribution is 5.77. The van der Waals surface area contributed by atoms with Crippen molar-refractivity contribution < 1.29 is 146 Å². The number of carbonyl (C=O) groups is 1. The molecule has 0 unspecified atom stereocenters. The van der Waals surface area contributed by atoms with Gasteiger partial charge < -0.3 is 5.11 Å². The monoisotopic (exact) mass is 812 g/mol. The van der Waals surface area contributed by atoms with Crippen LogP contribution in [0.15, 0.2) is 0 Å². The molecule has 0 radical (unpaired) electrons. The van der Waals surface area contributed by atoms with Crippen LogP contribution >= 0.6 is 0 Å². The Morgan fingerprint density at radius 1 is 0.367 bits per heavy atom. The van der Waals surface area contributed by atoms with Gasteiger partial charge in [-0.25, -0.2) is 18.3 Å². The van der Waals surface area contributed by atoms with E-state index in [2.05, 4.69) is 0 Å². The van der Waals surface area contributed by atoms with Gasteiger partial charge in [-0.1, -0.05) is 0 Å². The Hall–Kier alpha value is -2.67. The Morgan fingerprint density at radius 3 is 0.796 bits per heavy atom. The third-order valence-corrected chi connectivity index (χ3v) is 5.50. The topological polar surface area (TPSA) is 46.5 Å². The summed E-state index contributed by atoms with van der Waals surface area (Å²) in [4.78, 5) is 9.93. The van der Waals surface area contributed by atoms with E-state index in [0.717, 1.165) is 0 Å². The lowest BCUT2D eigenvalue weighted by atomic mass is 9.87. The normalized spacial score (nSPS) is 16.8. The molecule has 0 aliphatic heterocycles. The van der Waals surface area contributed by atoms with Crippen LogP contribution < -0.4 is 0 Å². The zero-order valence-electron chi connectivity index (χ0n) is 20.7. The minimum Gasteiger partial charge on any atom is -0.477 e. The SMILES string of the molecule is O=C(O)C(F)(F)C(F)(F)C(F)(F)C(F)(F)C(F)(F)OC(F)(F)C(F)(F)C(F)(F)C(F)(F)C(F)(F)C(F)(F)C(F)(F)C(F)(F)C(F)(F)C(F)F. The Balaban J connectivity index is 7.32. The van der Waals surface area contributed by atoms with Gasteiger partial charge in [-0.2, -0.15) is 123 Å². The van der Waals surface area contributed by atoms with Crippen molar-refractivity contribution in [1.82, 2.24) is 0 Å². The van der Waals surface area contributed by atoms with Crippen molar-refractivity contribution in [3.8, 4) is 0 Å². The average Bonchev–Trinajstić information content (AvgIpc) is 2.86. The molecule has 0 spiro atoms. The summed E-state index contributed by atoms with van der Waals surface area (Å²) in [5.74, 6) is -114. The van der Waals surface area contributed by atoms with Gasteiger partial charge in [0.2, 0.25) is 0 Å². The van der Waals surface area contributed by atoms with Crippen LogP contribution in [0.1, 0.15) is 0 Å². The van der Waals surface area contributed by atoms with Crippen LogP contribution in [0.3, 0.4) is 0 Å². The van der Waals surface area contributed by atoms with Gasteiger partial charge in [0.15, 0.2) is 0 Å². The molecule has 1 N–H and O–H groups in total. The summed E-state index contributed by atoms with van der Waals surface area (Å²) >= 11 is 0. The van der Waals surface area contributed by atoms with E-state index in [1.165, 1.54) is 0 Å². The van der Waals surface area contributed by atoms with Gasteiger partial charge in [0, 0.05) is 0 Å². The predicted molar refractivity (Wildman–Crippen MR) is 84.0 cm³/mol. The molecule has 0 heterocycles. The molecule has 0 aromatic carbocycles. The van der Waals surface area contributed by atoms with Crippen LogP contribution in [-0.2, 0) is 9.53 Å². The largest absolute Gasteiger partial charge is 0.477 e. The fourth-order valence-corrected chi connectivity index (χ4v) is 2.52. The van der Waals surface area contributed by atoms with Crippen LogP contribution in [-0.4, -0.2) is 101 Å². The molecule has 0 saturated heterocycles. The number of alkyl halides is 30. The summed E-state index contributed by atoms with van der Waals surface area (Å²) in [5.41, 5.74) is 0. The first kappa shape index (κ1) is 46.3. The number of halogens is 30. The number of hydrogen-bond acceptors (Lipinski definition) is 2. The molecule has 0 fully saturated rings. The lowest BCUT2D eigenvalue weighted by Crippen LogP contribution is -2.77. The maximum Gasteiger partial charge on any atom is 0.430 e. The summed E-state index contributed by atoms with van der Waals surface area (Å²) in [6, 6.07) is 0. The average molecular weight is 812 g/mol. The number of rotatable bonds is 16. The lowest BCUT2D eigenvalue weighted by Gasteiger charge is -2.44. The number of carboxylic acid groups (broad SMARTS) is 1. The highest BCUT2D eigenvalue weighted by Gasteiger charge is 2.98. The molecule has 0 aromatic rings. The smallest absolute Gasteiger partial charge is 0.430 e. The molecule has 0 amide bonds. The Morgan fingerprint density at radius 2 is 0.571 bits per heavy atom. The van der Waals surface area contributed by atoms with E-state index in [1.54, 1.807) is 0 Å². The molecule has 0 bridgehead atoms. The second-order valence-corrected chi connectivity index (χ2v) is 8.68. The quantitative estimate of drug-likeness (QED) is 0.158. The summed E-state index contributed by atoms with van der Waals surface area (Å²) in [6.45, 7) is 0. The van der Waals surface area contributed by atoms with Gasteiger partial charge in [-0.05, 0) is 0 Å². The third-order valence-electron chi connectivity index (χ3n) is 5.50. The first-order valence-corrected chi connectivity index (χ1v) is 10.1. The number of aliphatic carboxylic acids is 1. The summed E-state index contributed by atoms with van der Waals surface area (Å²) in [5, 5.41) is 7.68. The highest BCUT2D eigenvalue weighted by Crippen LogP contribution is 2.66. The molecule has 0 aliphatic rings. The van der Waals surface area contributed by atoms with Crippen LogP contribution in [0, 0.1) is 0 Å². The van der Waals surface area contributed by atoms with Gasteiger partial charge >= 0.3 is 95.7 Å². The van der Waals surface area contributed by atoms with Crippen molar-refractivity contribution in [1.29, 1.82) is 0 Å². The van der Waals surface area contributed by atoms with Gasteiger partial charge in [0.05, 0.1) is 0 Å². The number of hydrogen-bond donors (Lipinski definition) is 1. The maximum atomic E-state index is 13.6. The second kappa shape index (κ2) is 11.4. The molecular formula is C16H2F30O3. The molecule has 0 aromatic heterocycles.